The third-order valence-electron chi connectivity index (χ3n) is 6.55. The number of halogens is 3. The minimum Gasteiger partial charge on any atom is -0.460 e. The molecular formula is C36H40Cl3N5O5. The molecular weight excluding hydrogens is 689 g/mol. The number of nitrogens with zero attached hydrogens (tertiary/aromatic N) is 3. The number of hydrogen-bond donors (Lipinski definition) is 2. The van der Waals surface area contributed by atoms with Gasteiger partial charge in [0.1, 0.15) is 5.82 Å². The van der Waals surface area contributed by atoms with Crippen molar-refractivity contribution in [2.75, 3.05) is 0 Å². The number of nitrogens with one attached hydrogen (secondary N) is 1. The van der Waals surface area contributed by atoms with Crippen molar-refractivity contribution in [2.45, 2.75) is 71.4 Å². The van der Waals surface area contributed by atoms with E-state index in [9.17, 15) is 14.4 Å². The van der Waals surface area contributed by atoms with Crippen LogP contribution in [-0.4, -0.2) is 40.3 Å². The molecule has 1 heterocycles. The molecule has 0 saturated heterocycles. The quantitative estimate of drug-likeness (QED) is 0.0938. The summed E-state index contributed by atoms with van der Waals surface area (Å²) in [6.07, 6.45) is 2.43. The molecule has 4 rings (SSSR count). The van der Waals surface area contributed by atoms with E-state index in [-0.39, 0.29) is 30.7 Å². The van der Waals surface area contributed by atoms with Gasteiger partial charge >= 0.3 is 12.1 Å². The molecule has 10 nitrogen and oxygen atoms in total. The molecule has 13 heteroatoms. The van der Waals surface area contributed by atoms with Crippen molar-refractivity contribution in [3.8, 4) is 0 Å². The van der Waals surface area contributed by atoms with Crippen molar-refractivity contribution in [3.63, 3.8) is 0 Å². The van der Waals surface area contributed by atoms with Crippen molar-refractivity contribution in [1.29, 1.82) is 0 Å². The van der Waals surface area contributed by atoms with E-state index in [2.05, 4.69) is 20.3 Å². The lowest BCUT2D eigenvalue weighted by molar-refractivity contribution is -0.157. The van der Waals surface area contributed by atoms with Gasteiger partial charge in [0.2, 0.25) is 12.2 Å². The molecule has 0 fully saturated rings. The Hall–Kier alpha value is -4.31. The number of isocyanates is 1. The number of alkyl carbamates (subject to hydrolysis) is 1. The van der Waals surface area contributed by atoms with Gasteiger partial charge in [0, 0.05) is 33.5 Å². The summed E-state index contributed by atoms with van der Waals surface area (Å²) < 4.78 is 10.5. The van der Waals surface area contributed by atoms with Crippen LogP contribution in [0, 0.1) is 0 Å². The van der Waals surface area contributed by atoms with Gasteiger partial charge < -0.3 is 20.5 Å². The van der Waals surface area contributed by atoms with Crippen LogP contribution in [0.15, 0.2) is 96.2 Å². The average Bonchev–Trinajstić information content (AvgIpc) is 3.06. The zero-order valence-corrected chi connectivity index (χ0v) is 30.1. The lowest BCUT2D eigenvalue weighted by atomic mass is 10.1. The van der Waals surface area contributed by atoms with Crippen LogP contribution in [0.2, 0.25) is 15.1 Å². The zero-order valence-electron chi connectivity index (χ0n) is 27.8. The Morgan fingerprint density at radius 2 is 1.24 bits per heavy atom. The van der Waals surface area contributed by atoms with Gasteiger partial charge in [-0.3, -0.25) is 0 Å². The number of esters is 1. The van der Waals surface area contributed by atoms with Gasteiger partial charge in [0.15, 0.2) is 0 Å². The molecule has 0 aliphatic heterocycles. The maximum atomic E-state index is 12.3. The molecule has 260 valence electrons. The molecule has 0 bridgehead atoms. The number of hydrogen-bond acceptors (Lipinski definition) is 9. The zero-order chi connectivity index (χ0) is 36.3. The summed E-state index contributed by atoms with van der Waals surface area (Å²) in [5.74, 6) is -0.270. The highest BCUT2D eigenvalue weighted by Gasteiger charge is 2.27. The first kappa shape index (κ1) is 40.9. The van der Waals surface area contributed by atoms with E-state index in [4.69, 9.17) is 50.0 Å². The predicted molar refractivity (Wildman–Crippen MR) is 192 cm³/mol. The third-order valence-corrected chi connectivity index (χ3v) is 7.31. The standard InChI is InChI=1S/C19H22ClN3O4.C9H8ClNO.C8H10ClN/c1-12(2)26-18(24)16(11-17-21-9-4-10-22-17)27-19(25)23-13(3)14-5-7-15(20)8-6-14;1-7(11-6-12)8-2-4-9(10)5-3-8;1-6(10)7-2-4-8(9)5-3-7/h4-10,12-13,16H,11H2,1-3H3,(H,23,25);2-5,7H,1H3;2-6H,10H2,1H3/t13-,16?;7-;6-/m000/s1. The molecule has 3 aromatic carbocycles. The third kappa shape index (κ3) is 16.1. The molecule has 0 radical (unpaired) electrons. The highest BCUT2D eigenvalue weighted by atomic mass is 35.5. The van der Waals surface area contributed by atoms with E-state index < -0.39 is 18.2 Å². The summed E-state index contributed by atoms with van der Waals surface area (Å²) in [7, 11) is 0. The van der Waals surface area contributed by atoms with E-state index in [1.54, 1.807) is 75.6 Å². The van der Waals surface area contributed by atoms with E-state index in [1.807, 2.05) is 50.2 Å². The predicted octanol–water partition coefficient (Wildman–Crippen LogP) is 8.58. The highest BCUT2D eigenvalue weighted by molar-refractivity contribution is 6.31. The van der Waals surface area contributed by atoms with E-state index >= 15 is 0 Å². The summed E-state index contributed by atoms with van der Waals surface area (Å²) in [6.45, 7) is 9.01. The van der Waals surface area contributed by atoms with Crippen molar-refractivity contribution >= 4 is 52.9 Å². The number of ether oxygens (including phenoxy) is 2. The van der Waals surface area contributed by atoms with E-state index in [0.29, 0.717) is 15.9 Å². The second-order valence-corrected chi connectivity index (χ2v) is 12.3. The van der Waals surface area contributed by atoms with Crippen LogP contribution >= 0.6 is 34.8 Å². The number of benzene rings is 3. The van der Waals surface area contributed by atoms with Gasteiger partial charge in [0.25, 0.3) is 0 Å². The number of amides is 1. The minimum atomic E-state index is -1.15. The maximum absolute atomic E-state index is 12.3. The van der Waals surface area contributed by atoms with Gasteiger partial charge in [-0.05, 0) is 93.8 Å². The Labute approximate surface area is 302 Å². The first-order chi connectivity index (χ1) is 23.3. The molecule has 0 saturated carbocycles. The number of rotatable bonds is 10. The monoisotopic (exact) mass is 727 g/mol. The van der Waals surface area contributed by atoms with Gasteiger partial charge in [-0.1, -0.05) is 71.2 Å². The summed E-state index contributed by atoms with van der Waals surface area (Å²) in [6, 6.07) is 23.1. The fraction of sp³-hybridized carbons (Fsp3) is 0.306. The smallest absolute Gasteiger partial charge is 0.408 e. The number of aromatic nitrogens is 2. The van der Waals surface area contributed by atoms with E-state index in [1.165, 1.54) is 6.08 Å². The fourth-order valence-corrected chi connectivity index (χ4v) is 4.30. The Morgan fingerprint density at radius 1 is 0.776 bits per heavy atom. The average molecular weight is 729 g/mol. The van der Waals surface area contributed by atoms with Crippen molar-refractivity contribution < 1.29 is 23.9 Å². The molecule has 0 spiro atoms. The van der Waals surface area contributed by atoms with Crippen LogP contribution in [0.3, 0.4) is 0 Å². The minimum absolute atomic E-state index is 0.0230. The van der Waals surface area contributed by atoms with Gasteiger partial charge in [-0.25, -0.2) is 24.4 Å². The van der Waals surface area contributed by atoms with Gasteiger partial charge in [-0.15, -0.1) is 0 Å². The SMILES string of the molecule is CC(C)OC(=O)C(Cc1ncccn1)OC(=O)N[C@@H](C)c1ccc(Cl)cc1.C[C@H](N)c1ccc(Cl)cc1.C[C@H](N=C=O)c1ccc(Cl)cc1. The van der Waals surface area contributed by atoms with E-state index in [0.717, 1.165) is 21.7 Å². The molecule has 0 aliphatic carbocycles. The molecule has 4 aromatic rings. The summed E-state index contributed by atoms with van der Waals surface area (Å²) in [5, 5.41) is 4.73. The molecule has 1 aromatic heterocycles. The van der Waals surface area contributed by atoms with Crippen molar-refractivity contribution in [1.82, 2.24) is 15.3 Å². The number of aliphatic imine (C=N–C) groups is 1. The lowest BCUT2D eigenvalue weighted by Crippen LogP contribution is -2.38. The normalized spacial score (nSPS) is 12.7. The topological polar surface area (TPSA) is 146 Å². The Balaban J connectivity index is 0.000000309. The molecule has 1 amide bonds. The fourth-order valence-electron chi connectivity index (χ4n) is 3.92. The highest BCUT2D eigenvalue weighted by Crippen LogP contribution is 2.19. The van der Waals surface area contributed by atoms with Crippen molar-refractivity contribution in [3.05, 3.63) is 129 Å². The summed E-state index contributed by atoms with van der Waals surface area (Å²) in [5.41, 5.74) is 8.55. The van der Waals surface area contributed by atoms with Crippen LogP contribution in [-0.2, 0) is 25.5 Å². The first-order valence-electron chi connectivity index (χ1n) is 15.3. The van der Waals surface area contributed by atoms with Crippen LogP contribution in [0.4, 0.5) is 4.79 Å². The molecule has 49 heavy (non-hydrogen) atoms. The molecule has 3 N–H and O–H groups in total. The Bertz CT molecular complexity index is 1620. The summed E-state index contributed by atoms with van der Waals surface area (Å²) in [4.78, 5) is 46.2. The summed E-state index contributed by atoms with van der Waals surface area (Å²) >= 11 is 17.2. The molecule has 1 unspecified atom stereocenters. The number of carbonyl (C=O) groups is 2. The van der Waals surface area contributed by atoms with Crippen LogP contribution < -0.4 is 11.1 Å². The molecule has 4 atom stereocenters. The molecule has 0 aliphatic rings. The first-order valence-corrected chi connectivity index (χ1v) is 16.4. The second-order valence-electron chi connectivity index (χ2n) is 11.0. The van der Waals surface area contributed by atoms with Crippen LogP contribution in [0.1, 0.15) is 75.3 Å². The Kier molecular flexibility index (Phi) is 18.0. The van der Waals surface area contributed by atoms with Gasteiger partial charge in [0.05, 0.1) is 24.6 Å². The number of carbonyl (C=O) groups excluding carboxylic acids is 3. The lowest BCUT2D eigenvalue weighted by Gasteiger charge is -2.20. The van der Waals surface area contributed by atoms with Crippen molar-refractivity contribution in [2.24, 2.45) is 10.7 Å². The number of nitrogens with two attached hydrogens (primary N) is 1. The second kappa shape index (κ2) is 21.6. The van der Waals surface area contributed by atoms with Gasteiger partial charge in [-0.2, -0.15) is 4.99 Å². The van der Waals surface area contributed by atoms with Crippen LogP contribution in [0.25, 0.3) is 0 Å². The van der Waals surface area contributed by atoms with Crippen LogP contribution in [0.5, 0.6) is 0 Å². The Morgan fingerprint density at radius 3 is 1.69 bits per heavy atom. The largest absolute Gasteiger partial charge is 0.460 e. The maximum Gasteiger partial charge on any atom is 0.408 e.